The van der Waals surface area contributed by atoms with Crippen LogP contribution in [0.3, 0.4) is 0 Å². The third-order valence-electron chi connectivity index (χ3n) is 5.73. The second kappa shape index (κ2) is 6.93. The van der Waals surface area contributed by atoms with E-state index >= 15 is 0 Å². The summed E-state index contributed by atoms with van der Waals surface area (Å²) >= 11 is 0. The Morgan fingerprint density at radius 2 is 1.90 bits per heavy atom. The highest BCUT2D eigenvalue weighted by Gasteiger charge is 2.15. The van der Waals surface area contributed by atoms with Crippen LogP contribution in [0.25, 0.3) is 50.2 Å². The molecule has 4 aromatic heterocycles. The maximum absolute atomic E-state index is 4.62. The van der Waals surface area contributed by atoms with Gasteiger partial charge in [0.15, 0.2) is 0 Å². The molecule has 5 aromatic rings. The summed E-state index contributed by atoms with van der Waals surface area (Å²) in [5, 5.41) is 13.3. The molecule has 146 valence electrons. The predicted molar refractivity (Wildman–Crippen MR) is 120 cm³/mol. The summed E-state index contributed by atoms with van der Waals surface area (Å²) < 4.78 is 0. The molecule has 0 amide bonds. The summed E-state index contributed by atoms with van der Waals surface area (Å²) in [5.41, 5.74) is 8.36. The first-order valence-electron chi connectivity index (χ1n) is 10.1. The fourth-order valence-electron chi connectivity index (χ4n) is 4.20. The highest BCUT2D eigenvalue weighted by atomic mass is 15.1. The van der Waals surface area contributed by atoms with Gasteiger partial charge in [-0.15, -0.1) is 0 Å². The maximum Gasteiger partial charge on any atom is 0.138 e. The standard InChI is InChI=1S/C24H20N6/c1-2-9-26-20(3-1)17-8-12-27-24-18(17)14-22(28-24)23-19-13-16(4-5-21(19)29-30-23)15-6-10-25-11-7-15/h1-6,8-9,12-14,25H,7,10-11H2,(H,27,28)(H,29,30). The zero-order valence-corrected chi connectivity index (χ0v) is 16.3. The fraction of sp³-hybridized carbons (Fsp3) is 0.125. The Hall–Kier alpha value is -3.77. The Morgan fingerprint density at radius 3 is 2.77 bits per heavy atom. The van der Waals surface area contributed by atoms with E-state index in [1.807, 2.05) is 36.7 Å². The van der Waals surface area contributed by atoms with E-state index in [-0.39, 0.29) is 0 Å². The molecule has 0 bridgehead atoms. The summed E-state index contributed by atoms with van der Waals surface area (Å²) in [5.74, 6) is 0. The van der Waals surface area contributed by atoms with Crippen molar-refractivity contribution in [2.75, 3.05) is 13.1 Å². The van der Waals surface area contributed by atoms with Crippen LogP contribution in [0.15, 0.2) is 67.0 Å². The van der Waals surface area contributed by atoms with Gasteiger partial charge in [-0.05, 0) is 60.5 Å². The number of hydrogen-bond donors (Lipinski definition) is 3. The third-order valence-corrected chi connectivity index (χ3v) is 5.73. The molecule has 0 aliphatic carbocycles. The van der Waals surface area contributed by atoms with Crippen LogP contribution in [0.2, 0.25) is 0 Å². The molecule has 6 nitrogen and oxygen atoms in total. The van der Waals surface area contributed by atoms with Crippen LogP contribution in [-0.4, -0.2) is 38.2 Å². The van der Waals surface area contributed by atoms with Gasteiger partial charge in [-0.25, -0.2) is 4.98 Å². The van der Waals surface area contributed by atoms with Crippen LogP contribution in [0.5, 0.6) is 0 Å². The first-order chi connectivity index (χ1) is 14.9. The van der Waals surface area contributed by atoms with E-state index in [0.29, 0.717) is 0 Å². The number of pyridine rings is 2. The summed E-state index contributed by atoms with van der Waals surface area (Å²) in [6, 6.07) is 16.6. The molecule has 0 atom stereocenters. The zero-order valence-electron chi connectivity index (χ0n) is 16.3. The van der Waals surface area contributed by atoms with Gasteiger partial charge in [0.2, 0.25) is 0 Å². The molecule has 0 radical (unpaired) electrons. The van der Waals surface area contributed by atoms with Gasteiger partial charge in [0.05, 0.1) is 16.9 Å². The van der Waals surface area contributed by atoms with Gasteiger partial charge in [0.1, 0.15) is 11.3 Å². The lowest BCUT2D eigenvalue weighted by molar-refractivity contribution is 0.739. The Labute approximate surface area is 173 Å². The smallest absolute Gasteiger partial charge is 0.138 e. The molecule has 6 heteroatoms. The van der Waals surface area contributed by atoms with Crippen LogP contribution in [0, 0.1) is 0 Å². The van der Waals surface area contributed by atoms with Gasteiger partial charge < -0.3 is 10.3 Å². The van der Waals surface area contributed by atoms with Crippen molar-refractivity contribution in [3.8, 4) is 22.6 Å². The molecular formula is C24H20N6. The Bertz CT molecular complexity index is 1390. The van der Waals surface area contributed by atoms with Crippen LogP contribution < -0.4 is 5.32 Å². The van der Waals surface area contributed by atoms with Crippen molar-refractivity contribution >= 4 is 27.5 Å². The molecule has 1 aliphatic heterocycles. The van der Waals surface area contributed by atoms with Crippen molar-refractivity contribution < 1.29 is 0 Å². The first kappa shape index (κ1) is 17.1. The minimum atomic E-state index is 0.835. The minimum absolute atomic E-state index is 0.835. The monoisotopic (exact) mass is 392 g/mol. The average Bonchev–Trinajstić information content (AvgIpc) is 3.43. The Kier molecular flexibility index (Phi) is 3.95. The van der Waals surface area contributed by atoms with Crippen LogP contribution in [-0.2, 0) is 0 Å². The van der Waals surface area contributed by atoms with Gasteiger partial charge in [0, 0.05) is 35.3 Å². The van der Waals surface area contributed by atoms with Gasteiger partial charge >= 0.3 is 0 Å². The number of aromatic nitrogens is 5. The number of H-pyrrole nitrogens is 2. The number of benzene rings is 1. The summed E-state index contributed by atoms with van der Waals surface area (Å²) in [6.07, 6.45) is 6.95. The maximum atomic E-state index is 4.62. The lowest BCUT2D eigenvalue weighted by Gasteiger charge is -2.14. The SMILES string of the molecule is C1=C(c2ccc3[nH]nc(-c4cc5c(-c6ccccn6)ccnc5[nH]4)c3c2)CCNC1. The van der Waals surface area contributed by atoms with E-state index in [1.165, 1.54) is 11.1 Å². The lowest BCUT2D eigenvalue weighted by Crippen LogP contribution is -2.19. The van der Waals surface area contributed by atoms with E-state index in [1.54, 1.807) is 0 Å². The molecule has 0 saturated heterocycles. The van der Waals surface area contributed by atoms with Crippen LogP contribution in [0.4, 0.5) is 0 Å². The average molecular weight is 392 g/mol. The summed E-state index contributed by atoms with van der Waals surface area (Å²) in [4.78, 5) is 12.5. The van der Waals surface area contributed by atoms with Gasteiger partial charge in [0.25, 0.3) is 0 Å². The Morgan fingerprint density at radius 1 is 0.900 bits per heavy atom. The van der Waals surface area contributed by atoms with Crippen molar-refractivity contribution in [3.05, 3.63) is 72.6 Å². The summed E-state index contributed by atoms with van der Waals surface area (Å²) in [6.45, 7) is 1.95. The second-order valence-corrected chi connectivity index (χ2v) is 7.53. The minimum Gasteiger partial charge on any atom is -0.338 e. The van der Waals surface area contributed by atoms with E-state index in [0.717, 1.165) is 64.1 Å². The zero-order chi connectivity index (χ0) is 19.9. The molecule has 5 heterocycles. The van der Waals surface area contributed by atoms with Crippen molar-refractivity contribution in [2.45, 2.75) is 6.42 Å². The highest BCUT2D eigenvalue weighted by molar-refractivity contribution is 6.00. The van der Waals surface area contributed by atoms with Gasteiger partial charge in [-0.2, -0.15) is 5.10 Å². The molecule has 0 spiro atoms. The number of fused-ring (bicyclic) bond motifs is 2. The van der Waals surface area contributed by atoms with Crippen molar-refractivity contribution in [2.24, 2.45) is 0 Å². The van der Waals surface area contributed by atoms with E-state index in [4.69, 9.17) is 0 Å². The van der Waals surface area contributed by atoms with E-state index in [2.05, 4.69) is 60.8 Å². The van der Waals surface area contributed by atoms with Crippen LogP contribution in [0.1, 0.15) is 12.0 Å². The number of hydrogen-bond acceptors (Lipinski definition) is 4. The van der Waals surface area contributed by atoms with Crippen molar-refractivity contribution in [1.29, 1.82) is 0 Å². The number of rotatable bonds is 3. The third kappa shape index (κ3) is 2.81. The Balaban J connectivity index is 1.50. The van der Waals surface area contributed by atoms with E-state index in [9.17, 15) is 0 Å². The molecule has 30 heavy (non-hydrogen) atoms. The predicted octanol–water partition coefficient (Wildman–Crippen LogP) is 4.54. The molecule has 0 saturated carbocycles. The second-order valence-electron chi connectivity index (χ2n) is 7.53. The largest absolute Gasteiger partial charge is 0.338 e. The molecule has 6 rings (SSSR count). The lowest BCUT2D eigenvalue weighted by atomic mass is 9.98. The molecule has 1 aliphatic rings. The number of nitrogens with zero attached hydrogens (tertiary/aromatic N) is 3. The molecule has 3 N–H and O–H groups in total. The van der Waals surface area contributed by atoms with Gasteiger partial charge in [-0.1, -0.05) is 18.2 Å². The topological polar surface area (TPSA) is 82.3 Å². The molecule has 0 unspecified atom stereocenters. The molecule has 1 aromatic carbocycles. The van der Waals surface area contributed by atoms with Crippen LogP contribution >= 0.6 is 0 Å². The van der Waals surface area contributed by atoms with E-state index < -0.39 is 0 Å². The molecule has 0 fully saturated rings. The normalized spacial score (nSPS) is 14.3. The number of aromatic amines is 2. The fourth-order valence-corrected chi connectivity index (χ4v) is 4.20. The quantitative estimate of drug-likeness (QED) is 0.421. The highest BCUT2D eigenvalue weighted by Crippen LogP contribution is 2.33. The van der Waals surface area contributed by atoms with Crippen molar-refractivity contribution in [3.63, 3.8) is 0 Å². The first-order valence-corrected chi connectivity index (χ1v) is 10.1. The van der Waals surface area contributed by atoms with Crippen molar-refractivity contribution in [1.82, 2.24) is 30.5 Å². The number of nitrogens with one attached hydrogen (secondary N) is 3. The molecular weight excluding hydrogens is 372 g/mol. The summed E-state index contributed by atoms with van der Waals surface area (Å²) in [7, 11) is 0. The van der Waals surface area contributed by atoms with Gasteiger partial charge in [-0.3, -0.25) is 10.1 Å².